The molecule has 0 fully saturated rings. The van der Waals surface area contributed by atoms with Gasteiger partial charge in [-0.1, -0.05) is 18.2 Å². The maximum absolute atomic E-state index is 12.6. The number of rotatable bonds is 2. The number of nitrogens with zero attached hydrogens (tertiary/aromatic N) is 4. The van der Waals surface area contributed by atoms with E-state index in [1.807, 2.05) is 6.07 Å². The third-order valence-electron chi connectivity index (χ3n) is 3.40. The van der Waals surface area contributed by atoms with Gasteiger partial charge in [-0.25, -0.2) is 9.24 Å². The van der Waals surface area contributed by atoms with E-state index in [2.05, 4.69) is 5.10 Å². The van der Waals surface area contributed by atoms with Gasteiger partial charge in [0.1, 0.15) is 11.6 Å². The minimum atomic E-state index is -0.536. The Morgan fingerprint density at radius 1 is 1.31 bits per heavy atom. The number of anilines is 2. The zero-order valence-corrected chi connectivity index (χ0v) is 14.0. The molecule has 1 aromatic carbocycles. The van der Waals surface area contributed by atoms with Gasteiger partial charge < -0.3 is 21.0 Å². The van der Waals surface area contributed by atoms with E-state index < -0.39 is 11.8 Å². The summed E-state index contributed by atoms with van der Waals surface area (Å²) in [6.45, 7) is 0. The summed E-state index contributed by atoms with van der Waals surface area (Å²) in [6, 6.07) is 11.4. The van der Waals surface area contributed by atoms with Gasteiger partial charge in [-0.15, -0.1) is 5.10 Å². The van der Waals surface area contributed by atoms with E-state index in [-0.39, 0.29) is 27.5 Å². The zero-order valence-electron chi connectivity index (χ0n) is 13.2. The number of carbonyl (C=O) groups excluding carboxylic acids is 1. The summed E-state index contributed by atoms with van der Waals surface area (Å²) in [4.78, 5) is 12.6. The van der Waals surface area contributed by atoms with Crippen molar-refractivity contribution in [3.8, 4) is 11.9 Å². The van der Waals surface area contributed by atoms with E-state index in [0.717, 1.165) is 15.4 Å². The number of aromatic nitrogens is 2. The van der Waals surface area contributed by atoms with E-state index in [1.165, 1.54) is 6.07 Å². The SMILES string of the molecule is N#Cc1c(N)cc(N)o/c1=N/n1cc(O)n(C(=O)c2ccccc2)c1=S. The number of benzene rings is 1. The number of imidazole rings is 1. The van der Waals surface area contributed by atoms with Crippen LogP contribution in [0.15, 0.2) is 52.1 Å². The monoisotopic (exact) mass is 368 g/mol. The lowest BCUT2D eigenvalue weighted by Crippen LogP contribution is -2.15. The van der Waals surface area contributed by atoms with Gasteiger partial charge >= 0.3 is 0 Å². The molecule has 0 saturated heterocycles. The van der Waals surface area contributed by atoms with Crippen molar-refractivity contribution < 1.29 is 14.3 Å². The summed E-state index contributed by atoms with van der Waals surface area (Å²) < 4.78 is 6.99. The Labute approximate surface area is 151 Å². The van der Waals surface area contributed by atoms with Crippen LogP contribution < -0.4 is 17.0 Å². The Hall–Kier alpha value is -3.84. The molecule has 130 valence electrons. The van der Waals surface area contributed by atoms with E-state index in [9.17, 15) is 15.2 Å². The fourth-order valence-electron chi connectivity index (χ4n) is 2.22. The van der Waals surface area contributed by atoms with Crippen molar-refractivity contribution >= 4 is 29.7 Å². The molecule has 0 unspecified atom stereocenters. The quantitative estimate of drug-likeness (QED) is 0.579. The zero-order chi connectivity index (χ0) is 18.8. The third kappa shape index (κ3) is 2.94. The van der Waals surface area contributed by atoms with Crippen molar-refractivity contribution in [3.05, 3.63) is 64.0 Å². The molecule has 0 amide bonds. The Morgan fingerprint density at radius 2 is 2.00 bits per heavy atom. The minimum Gasteiger partial charge on any atom is -0.493 e. The van der Waals surface area contributed by atoms with E-state index in [4.69, 9.17) is 28.1 Å². The predicted molar refractivity (Wildman–Crippen MR) is 94.3 cm³/mol. The molecule has 0 atom stereocenters. The van der Waals surface area contributed by atoms with Crippen molar-refractivity contribution in [3.63, 3.8) is 0 Å². The van der Waals surface area contributed by atoms with Crippen LogP contribution in [0.3, 0.4) is 0 Å². The van der Waals surface area contributed by atoms with Crippen LogP contribution in [0.25, 0.3) is 0 Å². The van der Waals surface area contributed by atoms with Gasteiger partial charge in [0.2, 0.25) is 10.7 Å². The highest BCUT2D eigenvalue weighted by Gasteiger charge is 2.17. The maximum atomic E-state index is 12.6. The molecule has 5 N–H and O–H groups in total. The number of carbonyl (C=O) groups is 1. The Morgan fingerprint density at radius 3 is 2.65 bits per heavy atom. The average Bonchev–Trinajstić information content (AvgIpc) is 2.88. The lowest BCUT2D eigenvalue weighted by Gasteiger charge is -2.02. The number of aromatic hydroxyl groups is 1. The fraction of sp³-hybridized carbons (Fsp3) is 0. The summed E-state index contributed by atoms with van der Waals surface area (Å²) in [6.07, 6.45) is 1.11. The highest BCUT2D eigenvalue weighted by Crippen LogP contribution is 2.16. The van der Waals surface area contributed by atoms with Gasteiger partial charge in [0.15, 0.2) is 5.88 Å². The second kappa shape index (κ2) is 6.58. The van der Waals surface area contributed by atoms with Gasteiger partial charge in [0, 0.05) is 11.6 Å². The van der Waals surface area contributed by atoms with Crippen molar-refractivity contribution in [1.82, 2.24) is 9.24 Å². The molecule has 3 rings (SSSR count). The van der Waals surface area contributed by atoms with E-state index >= 15 is 0 Å². The smallest absolute Gasteiger partial charge is 0.267 e. The molecule has 0 saturated carbocycles. The molecule has 3 aromatic rings. The van der Waals surface area contributed by atoms with Gasteiger partial charge in [0.05, 0.1) is 11.9 Å². The first-order chi connectivity index (χ1) is 12.4. The number of nitriles is 1. The van der Waals surface area contributed by atoms with Crippen LogP contribution in [0, 0.1) is 16.1 Å². The van der Waals surface area contributed by atoms with Crippen molar-refractivity contribution in [2.45, 2.75) is 0 Å². The molecule has 0 aliphatic heterocycles. The molecular formula is C16H12N6O3S. The fourth-order valence-corrected chi connectivity index (χ4v) is 2.49. The lowest BCUT2D eigenvalue weighted by molar-refractivity contribution is 0.0949. The molecule has 0 bridgehead atoms. The van der Waals surface area contributed by atoms with Gasteiger partial charge in [-0.3, -0.25) is 4.79 Å². The topological polar surface area (TPSA) is 148 Å². The summed E-state index contributed by atoms with van der Waals surface area (Å²) in [5, 5.41) is 23.3. The molecular weight excluding hydrogens is 356 g/mol. The summed E-state index contributed by atoms with van der Waals surface area (Å²) in [7, 11) is 0. The number of hydrogen-bond donors (Lipinski definition) is 3. The van der Waals surface area contributed by atoms with Crippen LogP contribution in [0.4, 0.5) is 11.6 Å². The Balaban J connectivity index is 2.18. The molecule has 26 heavy (non-hydrogen) atoms. The summed E-state index contributed by atoms with van der Waals surface area (Å²) >= 11 is 5.20. The molecule has 2 aromatic heterocycles. The normalized spacial score (nSPS) is 11.3. The van der Waals surface area contributed by atoms with Crippen LogP contribution >= 0.6 is 12.2 Å². The third-order valence-corrected chi connectivity index (χ3v) is 3.77. The number of nitrogens with two attached hydrogens (primary N) is 2. The highest BCUT2D eigenvalue weighted by molar-refractivity contribution is 7.71. The Bertz CT molecular complexity index is 1170. The summed E-state index contributed by atoms with van der Waals surface area (Å²) in [5.41, 5.74) is 11.4. The molecule has 0 aliphatic carbocycles. The van der Waals surface area contributed by atoms with E-state index in [0.29, 0.717) is 5.56 Å². The van der Waals surface area contributed by atoms with Crippen LogP contribution in [-0.4, -0.2) is 20.3 Å². The number of hydrogen-bond acceptors (Lipinski definition) is 8. The van der Waals surface area contributed by atoms with Crippen LogP contribution in [0.1, 0.15) is 15.9 Å². The lowest BCUT2D eigenvalue weighted by atomic mass is 10.2. The first-order valence-corrected chi connectivity index (χ1v) is 7.60. The summed E-state index contributed by atoms with van der Waals surface area (Å²) in [5.74, 6) is -1.02. The first-order valence-electron chi connectivity index (χ1n) is 7.19. The average molecular weight is 368 g/mol. The van der Waals surface area contributed by atoms with Crippen LogP contribution in [0.2, 0.25) is 0 Å². The highest BCUT2D eigenvalue weighted by atomic mass is 32.1. The molecule has 0 radical (unpaired) electrons. The van der Waals surface area contributed by atoms with E-state index in [1.54, 1.807) is 30.3 Å². The molecule has 10 heteroatoms. The van der Waals surface area contributed by atoms with Crippen molar-refractivity contribution in [1.29, 1.82) is 5.26 Å². The van der Waals surface area contributed by atoms with Crippen LogP contribution in [-0.2, 0) is 0 Å². The molecule has 0 aliphatic rings. The first kappa shape index (κ1) is 17.0. The Kier molecular flexibility index (Phi) is 4.30. The van der Waals surface area contributed by atoms with Crippen molar-refractivity contribution in [2.75, 3.05) is 11.5 Å². The molecule has 0 spiro atoms. The second-order valence-electron chi connectivity index (χ2n) is 5.12. The maximum Gasteiger partial charge on any atom is 0.267 e. The molecule has 9 nitrogen and oxygen atoms in total. The van der Waals surface area contributed by atoms with Crippen molar-refractivity contribution in [2.24, 2.45) is 5.10 Å². The second-order valence-corrected chi connectivity index (χ2v) is 5.48. The minimum absolute atomic E-state index is 0.0530. The van der Waals surface area contributed by atoms with Gasteiger partial charge in [0.25, 0.3) is 11.5 Å². The molecule has 2 heterocycles. The standard InChI is InChI=1S/C16H12N6O3S/c17-7-10-11(18)6-12(19)25-14(10)20-21-8-13(23)22(16(21)26)15(24)9-4-2-1-3-5-9/h1-6,8,23H,18-19H2/b20-14+. The largest absolute Gasteiger partial charge is 0.493 e. The predicted octanol–water partition coefficient (Wildman–Crippen LogP) is 1.41. The van der Waals surface area contributed by atoms with Gasteiger partial charge in [-0.2, -0.15) is 5.26 Å². The van der Waals surface area contributed by atoms with Gasteiger partial charge in [-0.05, 0) is 24.4 Å². The van der Waals surface area contributed by atoms with Crippen LogP contribution in [0.5, 0.6) is 5.88 Å². The number of nitrogen functional groups attached to an aromatic ring is 2.